The summed E-state index contributed by atoms with van der Waals surface area (Å²) in [6, 6.07) is 19.2. The van der Waals surface area contributed by atoms with E-state index >= 15 is 0 Å². The van der Waals surface area contributed by atoms with E-state index in [4.69, 9.17) is 4.74 Å². The van der Waals surface area contributed by atoms with Crippen LogP contribution in [-0.4, -0.2) is 17.6 Å². The van der Waals surface area contributed by atoms with Crippen LogP contribution in [0.1, 0.15) is 58.2 Å². The second-order valence-electron chi connectivity index (χ2n) is 6.22. The van der Waals surface area contributed by atoms with Gasteiger partial charge in [-0.2, -0.15) is 0 Å². The molecular weight excluding hydrogens is 410 g/mol. The maximum atomic E-state index is 12.0. The molecule has 0 aliphatic heterocycles. The molecule has 33 heavy (non-hydrogen) atoms. The predicted molar refractivity (Wildman–Crippen MR) is 141 cm³/mol. The lowest BCUT2D eigenvalue weighted by molar-refractivity contribution is 0.251. The molecule has 0 spiro atoms. The number of aryl methyl sites for hydroxylation is 1. The van der Waals surface area contributed by atoms with Crippen LogP contribution in [0.2, 0.25) is 0 Å². The molecule has 0 unspecified atom stereocenters. The molecule has 2 amide bonds. The molecule has 3 aromatic rings. The Labute approximate surface area is 200 Å². The van der Waals surface area contributed by atoms with Gasteiger partial charge in [0.05, 0.1) is 6.61 Å². The van der Waals surface area contributed by atoms with Gasteiger partial charge in [-0.25, -0.2) is 4.79 Å². The first-order valence-corrected chi connectivity index (χ1v) is 11.9. The number of hydrogen-bond acceptors (Lipinski definition) is 3. The summed E-state index contributed by atoms with van der Waals surface area (Å²) in [4.78, 5) is 16.0. The molecule has 0 bridgehead atoms. The molecule has 0 aliphatic carbocycles. The minimum Gasteiger partial charge on any atom is -0.493 e. The normalized spacial score (nSPS) is 8.94. The zero-order valence-corrected chi connectivity index (χ0v) is 21.3. The van der Waals surface area contributed by atoms with E-state index in [-0.39, 0.29) is 6.03 Å². The number of nitrogens with zero attached hydrogens (tertiary/aromatic N) is 1. The van der Waals surface area contributed by atoms with Crippen LogP contribution < -0.4 is 15.4 Å². The van der Waals surface area contributed by atoms with Crippen molar-refractivity contribution >= 4 is 11.7 Å². The zero-order valence-electron chi connectivity index (χ0n) is 21.3. The minimum absolute atomic E-state index is 0.257. The van der Waals surface area contributed by atoms with Gasteiger partial charge in [-0.15, -0.1) is 0 Å². The summed E-state index contributed by atoms with van der Waals surface area (Å²) in [6.45, 7) is 15.2. The van der Waals surface area contributed by atoms with Crippen molar-refractivity contribution in [2.24, 2.45) is 0 Å². The molecule has 0 radical (unpaired) electrons. The van der Waals surface area contributed by atoms with Gasteiger partial charge in [-0.3, -0.25) is 4.98 Å². The van der Waals surface area contributed by atoms with Crippen LogP contribution >= 0.6 is 0 Å². The molecule has 0 atom stereocenters. The highest BCUT2D eigenvalue weighted by atomic mass is 16.5. The first kappa shape index (κ1) is 29.7. The van der Waals surface area contributed by atoms with Gasteiger partial charge in [0.1, 0.15) is 5.75 Å². The fraction of sp³-hybridized carbons (Fsp3) is 0.357. The van der Waals surface area contributed by atoms with Gasteiger partial charge >= 0.3 is 6.03 Å². The van der Waals surface area contributed by atoms with Gasteiger partial charge in [-0.1, -0.05) is 71.9 Å². The Morgan fingerprint density at radius 2 is 1.55 bits per heavy atom. The summed E-state index contributed by atoms with van der Waals surface area (Å²) in [5.74, 6) is 0.782. The van der Waals surface area contributed by atoms with Crippen molar-refractivity contribution in [1.29, 1.82) is 0 Å². The topological polar surface area (TPSA) is 63.2 Å². The van der Waals surface area contributed by atoms with Crippen LogP contribution in [0.25, 0.3) is 0 Å². The summed E-state index contributed by atoms with van der Waals surface area (Å²) >= 11 is 0. The Morgan fingerprint density at radius 1 is 0.879 bits per heavy atom. The van der Waals surface area contributed by atoms with E-state index in [2.05, 4.69) is 34.7 Å². The number of amides is 2. The van der Waals surface area contributed by atoms with Crippen molar-refractivity contribution < 1.29 is 9.53 Å². The molecule has 0 saturated heterocycles. The van der Waals surface area contributed by atoms with Gasteiger partial charge in [0.15, 0.2) is 0 Å². The number of nitrogens with one attached hydrogen (secondary N) is 2. The van der Waals surface area contributed by atoms with Crippen LogP contribution in [0, 0.1) is 6.92 Å². The maximum absolute atomic E-state index is 12.0. The molecule has 2 aromatic carbocycles. The molecule has 5 nitrogen and oxygen atoms in total. The third-order valence-electron chi connectivity index (χ3n) is 4.19. The van der Waals surface area contributed by atoms with E-state index in [1.165, 1.54) is 11.1 Å². The van der Waals surface area contributed by atoms with Crippen LogP contribution in [0.3, 0.4) is 0 Å². The van der Waals surface area contributed by atoms with Gasteiger partial charge in [-0.05, 0) is 53.9 Å². The van der Waals surface area contributed by atoms with Crippen LogP contribution in [0.5, 0.6) is 5.75 Å². The molecule has 3 rings (SSSR count). The number of benzene rings is 2. The largest absolute Gasteiger partial charge is 0.493 e. The average Bonchev–Trinajstić information content (AvgIpc) is 2.89. The van der Waals surface area contributed by atoms with Crippen LogP contribution in [-0.2, 0) is 13.0 Å². The summed E-state index contributed by atoms with van der Waals surface area (Å²) < 4.78 is 5.79. The van der Waals surface area contributed by atoms with Gasteiger partial charge in [0.25, 0.3) is 0 Å². The zero-order chi connectivity index (χ0) is 24.9. The van der Waals surface area contributed by atoms with Crippen molar-refractivity contribution in [3.05, 3.63) is 89.7 Å². The number of carbonyl (C=O) groups is 1. The number of aromatic nitrogens is 1. The fourth-order valence-electron chi connectivity index (χ4n) is 2.66. The number of anilines is 1. The van der Waals surface area contributed by atoms with Gasteiger partial charge in [0.2, 0.25) is 0 Å². The molecule has 1 aromatic heterocycles. The third kappa shape index (κ3) is 12.3. The predicted octanol–water partition coefficient (Wildman–Crippen LogP) is 7.41. The van der Waals surface area contributed by atoms with Crippen LogP contribution in [0.4, 0.5) is 10.5 Å². The number of rotatable bonds is 7. The second-order valence-corrected chi connectivity index (χ2v) is 6.22. The Hall–Kier alpha value is -3.34. The van der Waals surface area contributed by atoms with E-state index in [0.717, 1.165) is 17.7 Å². The van der Waals surface area contributed by atoms with E-state index in [0.29, 0.717) is 18.8 Å². The quantitative estimate of drug-likeness (QED) is 0.393. The molecule has 1 heterocycles. The highest BCUT2D eigenvalue weighted by molar-refractivity contribution is 5.89. The molecule has 5 heteroatoms. The monoisotopic (exact) mass is 451 g/mol. The van der Waals surface area contributed by atoms with E-state index in [1.807, 2.05) is 90.1 Å². The Balaban J connectivity index is 0.00000158. The van der Waals surface area contributed by atoms with Crippen molar-refractivity contribution in [3.8, 4) is 5.75 Å². The smallest absolute Gasteiger partial charge is 0.319 e. The van der Waals surface area contributed by atoms with Crippen molar-refractivity contribution in [1.82, 2.24) is 10.3 Å². The lowest BCUT2D eigenvalue weighted by Gasteiger charge is -2.10. The first-order chi connectivity index (χ1) is 16.2. The highest BCUT2D eigenvalue weighted by Gasteiger charge is 2.03. The lowest BCUT2D eigenvalue weighted by atomic mass is 10.1. The molecule has 2 N–H and O–H groups in total. The number of urea groups is 1. The van der Waals surface area contributed by atoms with Crippen molar-refractivity contribution in [2.75, 3.05) is 11.9 Å². The number of hydrogen-bond donors (Lipinski definition) is 2. The summed E-state index contributed by atoms with van der Waals surface area (Å²) in [5.41, 5.74) is 4.23. The highest BCUT2D eigenvalue weighted by Crippen LogP contribution is 2.16. The molecular formula is C28H41N3O2. The second kappa shape index (κ2) is 19.4. The van der Waals surface area contributed by atoms with Crippen molar-refractivity contribution in [2.45, 2.75) is 61.4 Å². The van der Waals surface area contributed by atoms with E-state index < -0.39 is 0 Å². The van der Waals surface area contributed by atoms with E-state index in [1.54, 1.807) is 12.4 Å². The van der Waals surface area contributed by atoms with Crippen molar-refractivity contribution in [3.63, 3.8) is 0 Å². The Morgan fingerprint density at radius 3 is 2.15 bits per heavy atom. The molecule has 0 saturated carbocycles. The van der Waals surface area contributed by atoms with Gasteiger partial charge < -0.3 is 15.4 Å². The average molecular weight is 452 g/mol. The molecule has 180 valence electrons. The number of carbonyl (C=O) groups excluding carboxylic acids is 1. The Kier molecular flexibility index (Phi) is 17.4. The Bertz CT molecular complexity index is 866. The fourth-order valence-corrected chi connectivity index (χ4v) is 2.66. The van der Waals surface area contributed by atoms with Crippen LogP contribution in [0.15, 0.2) is 73.1 Å². The summed E-state index contributed by atoms with van der Waals surface area (Å²) in [5, 5.41) is 5.60. The third-order valence-corrected chi connectivity index (χ3v) is 4.19. The standard InChI is InChI=1S/C22H23N3O2.3C2H6/c1-17-5-2-3-7-19(17)12-14-27-21-10-8-20(9-11-21)25-22(26)24-16-18-6-4-13-23-15-18;3*1-2/h2-11,13,15H,12,14,16H2,1H3,(H2,24,25,26);3*1-2H3. The summed E-state index contributed by atoms with van der Waals surface area (Å²) in [7, 11) is 0. The lowest BCUT2D eigenvalue weighted by Crippen LogP contribution is -2.28. The van der Waals surface area contributed by atoms with Gasteiger partial charge in [0, 0.05) is 31.0 Å². The summed E-state index contributed by atoms with van der Waals surface area (Å²) in [6.07, 6.45) is 4.29. The first-order valence-electron chi connectivity index (χ1n) is 11.9. The molecule has 0 fully saturated rings. The number of ether oxygens (including phenoxy) is 1. The maximum Gasteiger partial charge on any atom is 0.319 e. The number of pyridine rings is 1. The minimum atomic E-state index is -0.257. The molecule has 0 aliphatic rings. The van der Waals surface area contributed by atoms with E-state index in [9.17, 15) is 4.79 Å². The SMILES string of the molecule is CC.CC.CC.Cc1ccccc1CCOc1ccc(NC(=O)NCc2cccnc2)cc1.